The molecule has 3 N–H and O–H groups in total. The van der Waals surface area contributed by atoms with Crippen LogP contribution in [0.25, 0.3) is 6.08 Å². The van der Waals surface area contributed by atoms with E-state index in [-0.39, 0.29) is 11.6 Å². The van der Waals surface area contributed by atoms with Crippen LogP contribution in [0.2, 0.25) is 5.02 Å². The van der Waals surface area contributed by atoms with Gasteiger partial charge in [-0.3, -0.25) is 14.4 Å². The molecule has 0 saturated carbocycles. The first kappa shape index (κ1) is 30.3. The van der Waals surface area contributed by atoms with Gasteiger partial charge < -0.3 is 16.0 Å². The minimum Gasteiger partial charge on any atom is -0.321 e. The summed E-state index contributed by atoms with van der Waals surface area (Å²) in [5.74, 6) is -0.754. The van der Waals surface area contributed by atoms with Crippen LogP contribution in [0.5, 0.6) is 0 Å². The zero-order valence-corrected chi connectivity index (χ0v) is 24.9. The molecule has 0 saturated heterocycles. The van der Waals surface area contributed by atoms with E-state index in [0.717, 1.165) is 10.5 Å². The fourth-order valence-corrected chi connectivity index (χ4v) is 5.47. The van der Waals surface area contributed by atoms with Gasteiger partial charge in [0.2, 0.25) is 5.91 Å². The standard InChI is InChI=1S/C35H27ClN4O3S/c36-29-19-8-7-16-26(29)22-30(39-33(41)25-14-5-2-6-15-25)34(42)38-27-17-11-18-28(23-27)44-32(24-12-3-1-4-13-24)35(43)40-31-20-9-10-21-37-31/h1-23,32H,(H,38,42)(H,39,41)(H,37,40,43)/b30-22+. The van der Waals surface area contributed by atoms with Gasteiger partial charge in [0, 0.05) is 27.4 Å². The number of pyridine rings is 1. The molecule has 3 amide bonds. The maximum absolute atomic E-state index is 13.5. The number of anilines is 2. The van der Waals surface area contributed by atoms with Crippen LogP contribution in [0, 0.1) is 0 Å². The fourth-order valence-electron chi connectivity index (χ4n) is 4.20. The maximum Gasteiger partial charge on any atom is 0.272 e. The molecule has 0 aliphatic rings. The van der Waals surface area contributed by atoms with Crippen molar-refractivity contribution in [2.45, 2.75) is 10.1 Å². The number of thioether (sulfide) groups is 1. The molecule has 7 nitrogen and oxygen atoms in total. The quantitative estimate of drug-likeness (QED) is 0.110. The lowest BCUT2D eigenvalue weighted by molar-refractivity contribution is -0.116. The minimum atomic E-state index is -0.593. The zero-order chi connectivity index (χ0) is 30.7. The van der Waals surface area contributed by atoms with Crippen molar-refractivity contribution >= 4 is 58.7 Å². The molecule has 218 valence electrons. The molecule has 1 heterocycles. The van der Waals surface area contributed by atoms with E-state index in [1.54, 1.807) is 97.2 Å². The van der Waals surface area contributed by atoms with Gasteiger partial charge in [-0.1, -0.05) is 90.5 Å². The Labute approximate surface area is 264 Å². The monoisotopic (exact) mass is 618 g/mol. The highest BCUT2D eigenvalue weighted by molar-refractivity contribution is 8.00. The highest BCUT2D eigenvalue weighted by Crippen LogP contribution is 2.37. The maximum atomic E-state index is 13.5. The highest BCUT2D eigenvalue weighted by atomic mass is 35.5. The van der Waals surface area contributed by atoms with Crippen molar-refractivity contribution in [2.24, 2.45) is 0 Å². The van der Waals surface area contributed by atoms with Crippen LogP contribution < -0.4 is 16.0 Å². The van der Waals surface area contributed by atoms with Crippen LogP contribution in [0.1, 0.15) is 26.7 Å². The van der Waals surface area contributed by atoms with Gasteiger partial charge in [0.15, 0.2) is 0 Å². The Kier molecular flexibility index (Phi) is 10.2. The molecule has 0 spiro atoms. The number of amides is 3. The summed E-state index contributed by atoms with van der Waals surface area (Å²) in [7, 11) is 0. The third-order valence-corrected chi connectivity index (χ3v) is 7.93. The highest BCUT2D eigenvalue weighted by Gasteiger charge is 2.23. The third-order valence-electron chi connectivity index (χ3n) is 6.34. The van der Waals surface area contributed by atoms with E-state index >= 15 is 0 Å². The van der Waals surface area contributed by atoms with E-state index < -0.39 is 17.1 Å². The van der Waals surface area contributed by atoms with E-state index in [1.165, 1.54) is 17.8 Å². The average Bonchev–Trinajstić information content (AvgIpc) is 3.05. The van der Waals surface area contributed by atoms with Gasteiger partial charge in [-0.05, 0) is 65.7 Å². The van der Waals surface area contributed by atoms with Crippen molar-refractivity contribution < 1.29 is 14.4 Å². The Hall–Kier alpha value is -5.18. The number of hydrogen-bond acceptors (Lipinski definition) is 5. The molecule has 0 bridgehead atoms. The molecule has 0 radical (unpaired) electrons. The number of carbonyl (C=O) groups excluding carboxylic acids is 3. The minimum absolute atomic E-state index is 0.0157. The summed E-state index contributed by atoms with van der Waals surface area (Å²) in [5.41, 5.74) is 2.29. The lowest BCUT2D eigenvalue weighted by atomic mass is 10.1. The van der Waals surface area contributed by atoms with Crippen LogP contribution in [-0.4, -0.2) is 22.7 Å². The van der Waals surface area contributed by atoms with Crippen molar-refractivity contribution in [3.05, 3.63) is 161 Å². The molecule has 5 rings (SSSR count). The van der Waals surface area contributed by atoms with Gasteiger partial charge in [0.1, 0.15) is 16.8 Å². The second-order valence-electron chi connectivity index (χ2n) is 9.49. The lowest BCUT2D eigenvalue weighted by Crippen LogP contribution is -2.30. The van der Waals surface area contributed by atoms with Crippen molar-refractivity contribution in [1.82, 2.24) is 10.3 Å². The Balaban J connectivity index is 1.38. The van der Waals surface area contributed by atoms with E-state index in [2.05, 4.69) is 20.9 Å². The number of hydrogen-bond donors (Lipinski definition) is 3. The smallest absolute Gasteiger partial charge is 0.272 e. The van der Waals surface area contributed by atoms with Crippen molar-refractivity contribution in [2.75, 3.05) is 10.6 Å². The summed E-state index contributed by atoms with van der Waals surface area (Å²) < 4.78 is 0. The van der Waals surface area contributed by atoms with Crippen molar-refractivity contribution in [3.8, 4) is 0 Å². The largest absolute Gasteiger partial charge is 0.321 e. The van der Waals surface area contributed by atoms with Gasteiger partial charge in [0.05, 0.1) is 0 Å². The molecule has 44 heavy (non-hydrogen) atoms. The van der Waals surface area contributed by atoms with E-state index in [4.69, 9.17) is 11.6 Å². The Morgan fingerprint density at radius 1 is 0.750 bits per heavy atom. The molecule has 1 aromatic heterocycles. The molecular formula is C35H27ClN4O3S. The second-order valence-corrected chi connectivity index (χ2v) is 11.1. The first-order valence-corrected chi connectivity index (χ1v) is 14.9. The van der Waals surface area contributed by atoms with Crippen molar-refractivity contribution in [1.29, 1.82) is 0 Å². The topological polar surface area (TPSA) is 100 Å². The molecule has 1 atom stereocenters. The number of benzene rings is 4. The molecule has 1 unspecified atom stereocenters. The normalized spacial score (nSPS) is 11.7. The van der Waals surface area contributed by atoms with Crippen LogP contribution in [0.4, 0.5) is 11.5 Å². The van der Waals surface area contributed by atoms with Crippen LogP contribution in [0.15, 0.2) is 144 Å². The predicted octanol–water partition coefficient (Wildman–Crippen LogP) is 7.62. The van der Waals surface area contributed by atoms with E-state index in [9.17, 15) is 14.4 Å². The number of halogens is 1. The van der Waals surface area contributed by atoms with Gasteiger partial charge in [-0.15, -0.1) is 11.8 Å². The number of nitrogens with one attached hydrogen (secondary N) is 3. The van der Waals surface area contributed by atoms with Crippen molar-refractivity contribution in [3.63, 3.8) is 0 Å². The average molecular weight is 619 g/mol. The summed E-state index contributed by atoms with van der Waals surface area (Å²) in [6.07, 6.45) is 3.15. The van der Waals surface area contributed by atoms with Gasteiger partial charge >= 0.3 is 0 Å². The number of aromatic nitrogens is 1. The molecule has 4 aromatic carbocycles. The fraction of sp³-hybridized carbons (Fsp3) is 0.0286. The second kappa shape index (κ2) is 14.8. The Bertz CT molecular complexity index is 1780. The van der Waals surface area contributed by atoms with E-state index in [1.807, 2.05) is 36.4 Å². The molecule has 5 aromatic rings. The summed E-state index contributed by atoms with van der Waals surface area (Å²) in [4.78, 5) is 44.9. The van der Waals surface area contributed by atoms with Crippen LogP contribution >= 0.6 is 23.4 Å². The van der Waals surface area contributed by atoms with Crippen LogP contribution in [0.3, 0.4) is 0 Å². The van der Waals surface area contributed by atoms with Crippen LogP contribution in [-0.2, 0) is 9.59 Å². The van der Waals surface area contributed by atoms with Gasteiger partial charge in [-0.25, -0.2) is 4.98 Å². The van der Waals surface area contributed by atoms with Gasteiger partial charge in [-0.2, -0.15) is 0 Å². The molecular weight excluding hydrogens is 592 g/mol. The number of carbonyl (C=O) groups is 3. The first-order chi connectivity index (χ1) is 21.5. The Morgan fingerprint density at radius 3 is 2.18 bits per heavy atom. The number of rotatable bonds is 10. The SMILES string of the molecule is O=C(Nc1cccc(SC(C(=O)Nc2ccccn2)c2ccccc2)c1)/C(=C\c1ccccc1Cl)NC(=O)c1ccccc1. The molecule has 0 fully saturated rings. The summed E-state index contributed by atoms with van der Waals surface area (Å²) in [6, 6.07) is 37.5. The zero-order valence-electron chi connectivity index (χ0n) is 23.3. The molecule has 9 heteroatoms. The number of nitrogens with zero attached hydrogens (tertiary/aromatic N) is 1. The third kappa shape index (κ3) is 8.22. The van der Waals surface area contributed by atoms with Gasteiger partial charge in [0.25, 0.3) is 11.8 Å². The summed E-state index contributed by atoms with van der Waals surface area (Å²) in [5, 5.41) is 8.32. The Morgan fingerprint density at radius 2 is 1.45 bits per heavy atom. The molecule has 0 aliphatic carbocycles. The first-order valence-electron chi connectivity index (χ1n) is 13.6. The van der Waals surface area contributed by atoms with E-state index in [0.29, 0.717) is 27.7 Å². The predicted molar refractivity (Wildman–Crippen MR) is 176 cm³/mol. The lowest BCUT2D eigenvalue weighted by Gasteiger charge is -2.17. The summed E-state index contributed by atoms with van der Waals surface area (Å²) in [6.45, 7) is 0. The molecule has 0 aliphatic heterocycles. The summed E-state index contributed by atoms with van der Waals surface area (Å²) >= 11 is 7.69.